The van der Waals surface area contributed by atoms with Crippen LogP contribution >= 0.6 is 151 Å². The highest BCUT2D eigenvalue weighted by Crippen LogP contribution is 2.71. The largest absolute Gasteiger partial charge is 0.376 e. The average Bonchev–Trinajstić information content (AvgIpc) is 2.92. The maximum atomic E-state index is 12.6. The van der Waals surface area contributed by atoms with Crippen molar-refractivity contribution in [3.8, 4) is 0 Å². The van der Waals surface area contributed by atoms with Gasteiger partial charge in [0.2, 0.25) is 8.13 Å². The summed E-state index contributed by atoms with van der Waals surface area (Å²) in [5.74, 6) is 0. The summed E-state index contributed by atoms with van der Waals surface area (Å²) in [6.07, 6.45) is 0.533. The molecule has 0 amide bonds. The second-order valence-corrected chi connectivity index (χ2v) is 18.0. The number of hydrogen-bond acceptors (Lipinski definition) is 1. The van der Waals surface area contributed by atoms with Crippen molar-refractivity contribution >= 4 is 151 Å². The Kier molecular flexibility index (Phi) is 11.6. The van der Waals surface area contributed by atoms with E-state index in [9.17, 15) is 5.11 Å². The monoisotopic (exact) mass is 814 g/mol. The number of rotatable bonds is 9. The predicted molar refractivity (Wildman–Crippen MR) is 182 cm³/mol. The van der Waals surface area contributed by atoms with Crippen LogP contribution in [0.25, 0.3) is 0 Å². The van der Waals surface area contributed by atoms with Crippen LogP contribution in [0.5, 0.6) is 0 Å². The molecule has 0 spiro atoms. The van der Waals surface area contributed by atoms with Gasteiger partial charge >= 0.3 is 0 Å². The maximum absolute atomic E-state index is 12.6. The van der Waals surface area contributed by atoms with Crippen LogP contribution in [0.1, 0.15) is 34.7 Å². The number of aryl methyl sites for hydroxylation is 1. The van der Waals surface area contributed by atoms with Gasteiger partial charge in [0.05, 0.1) is 0 Å². The third-order valence-corrected chi connectivity index (χ3v) is 15.0. The van der Waals surface area contributed by atoms with Gasteiger partial charge < -0.3 is 5.11 Å². The minimum Gasteiger partial charge on any atom is -0.376 e. The van der Waals surface area contributed by atoms with Crippen LogP contribution in [0.2, 0.25) is 0 Å². The molecule has 0 radical (unpaired) electrons. The number of alkyl halides is 13. The first-order valence-corrected chi connectivity index (χ1v) is 16.5. The van der Waals surface area contributed by atoms with E-state index in [1.165, 1.54) is 0 Å². The first kappa shape index (κ1) is 36.9. The third-order valence-electron chi connectivity index (χ3n) is 6.54. The lowest BCUT2D eigenvalue weighted by molar-refractivity contribution is 0.124. The minimum absolute atomic E-state index is 0.0128. The Hall–Kier alpha value is 1.39. The highest BCUT2D eigenvalue weighted by Gasteiger charge is 2.77. The van der Waals surface area contributed by atoms with Gasteiger partial charge in [0.25, 0.3) is 0 Å². The minimum atomic E-state index is -2.86. The highest BCUT2D eigenvalue weighted by molar-refractivity contribution is 6.82. The van der Waals surface area contributed by atoms with E-state index in [0.717, 1.165) is 5.56 Å². The summed E-state index contributed by atoms with van der Waals surface area (Å²) in [5, 5.41) is 12.6. The molecule has 0 bridgehead atoms. The molecule has 3 aromatic rings. The van der Waals surface area contributed by atoms with Crippen LogP contribution in [-0.2, 0) is 16.4 Å². The number of halogens is 13. The normalized spacial score (nSPS) is 14.3. The van der Waals surface area contributed by atoms with E-state index in [0.29, 0.717) is 17.5 Å². The van der Waals surface area contributed by atoms with Crippen molar-refractivity contribution in [3.05, 3.63) is 107 Å². The summed E-state index contributed by atoms with van der Waals surface area (Å²) >= 11 is 84.6. The fourth-order valence-corrected chi connectivity index (χ4v) is 7.96. The molecular weight excluding hydrogens is 801 g/mol. The highest BCUT2D eigenvalue weighted by atomic mass is 35.6. The van der Waals surface area contributed by atoms with Crippen LogP contribution in [0.15, 0.2) is 78.9 Å². The summed E-state index contributed by atoms with van der Waals surface area (Å²) in [6, 6.07) is 22.6. The molecule has 1 nitrogen and oxygen atoms in total. The van der Waals surface area contributed by atoms with Gasteiger partial charge in [0.1, 0.15) is 5.60 Å². The second-order valence-electron chi connectivity index (χ2n) is 9.05. The molecule has 0 aliphatic rings. The van der Waals surface area contributed by atoms with E-state index < -0.39 is 31.1 Å². The summed E-state index contributed by atoms with van der Waals surface area (Å²) in [7, 11) is 0. The van der Waals surface area contributed by atoms with Crippen molar-refractivity contribution in [2.75, 3.05) is 0 Å². The van der Waals surface area contributed by atoms with Crippen LogP contribution in [0.4, 0.5) is 0 Å². The molecular formula is C27H19Cl13O. The van der Waals surface area contributed by atoms with E-state index in [2.05, 4.69) is 0 Å². The van der Waals surface area contributed by atoms with Gasteiger partial charge in [-0.3, -0.25) is 0 Å². The molecule has 0 aromatic heterocycles. The lowest BCUT2D eigenvalue weighted by Crippen LogP contribution is -2.65. The Morgan fingerprint density at radius 3 is 1.32 bits per heavy atom. The molecule has 0 aliphatic heterocycles. The zero-order chi connectivity index (χ0) is 31.3. The molecule has 14 heteroatoms. The molecule has 3 rings (SSSR count). The SMILES string of the molecule is CCc1ccc(C(O)(c2ccccc2)c2ccccc2)c(C(Cl)(Cl)C(Cl)(Cl)C(Cl)(Cl)C(Cl)(Cl)C(Cl)(Cl)C(Cl)(Cl)Cl)c1. The van der Waals surface area contributed by atoms with Gasteiger partial charge in [0, 0.05) is 0 Å². The molecule has 0 saturated carbocycles. The zero-order valence-corrected chi connectivity index (χ0v) is 30.4. The summed E-state index contributed by atoms with van der Waals surface area (Å²) in [5.41, 5.74) is 0.0394. The Labute approximate surface area is 304 Å². The molecule has 0 heterocycles. The fourth-order valence-electron chi connectivity index (χ4n) is 4.16. The van der Waals surface area contributed by atoms with Crippen LogP contribution in [-0.4, -0.2) is 26.2 Å². The summed E-state index contributed by atoms with van der Waals surface area (Å²) < 4.78 is -16.2. The lowest BCUT2D eigenvalue weighted by atomic mass is 9.77. The molecule has 0 aliphatic carbocycles. The van der Waals surface area contributed by atoms with Crippen LogP contribution < -0.4 is 0 Å². The zero-order valence-electron chi connectivity index (χ0n) is 20.6. The number of hydrogen-bond donors (Lipinski definition) is 1. The lowest BCUT2D eigenvalue weighted by Gasteiger charge is -2.51. The van der Waals surface area contributed by atoms with Gasteiger partial charge in [0.15, 0.2) is 17.3 Å². The first-order valence-electron chi connectivity index (χ1n) is 11.6. The van der Waals surface area contributed by atoms with Crippen molar-refractivity contribution in [1.82, 2.24) is 0 Å². The summed E-state index contributed by atoms with van der Waals surface area (Å²) in [6.45, 7) is 1.89. The second kappa shape index (κ2) is 12.9. The van der Waals surface area contributed by atoms with E-state index in [4.69, 9.17) is 151 Å². The number of benzene rings is 3. The van der Waals surface area contributed by atoms with Crippen molar-refractivity contribution in [2.45, 2.75) is 44.4 Å². The van der Waals surface area contributed by atoms with E-state index in [1.54, 1.807) is 78.9 Å². The van der Waals surface area contributed by atoms with Crippen molar-refractivity contribution in [2.24, 2.45) is 0 Å². The van der Waals surface area contributed by atoms with Gasteiger partial charge in [-0.15, -0.1) is 0 Å². The van der Waals surface area contributed by atoms with Crippen molar-refractivity contribution < 1.29 is 5.11 Å². The van der Waals surface area contributed by atoms with Gasteiger partial charge in [-0.2, -0.15) is 0 Å². The predicted octanol–water partition coefficient (Wildman–Crippen LogP) is 12.2. The molecule has 3 aromatic carbocycles. The molecule has 41 heavy (non-hydrogen) atoms. The van der Waals surface area contributed by atoms with E-state index >= 15 is 0 Å². The summed E-state index contributed by atoms with van der Waals surface area (Å²) in [4.78, 5) is 0. The van der Waals surface area contributed by atoms with E-state index in [1.807, 2.05) is 6.92 Å². The van der Waals surface area contributed by atoms with Gasteiger partial charge in [-0.05, 0) is 34.2 Å². The number of aliphatic hydroxyl groups is 1. The van der Waals surface area contributed by atoms with Gasteiger partial charge in [-0.1, -0.05) is 237 Å². The topological polar surface area (TPSA) is 20.2 Å². The Balaban J connectivity index is 2.39. The molecule has 1 N–H and O–H groups in total. The van der Waals surface area contributed by atoms with Crippen molar-refractivity contribution in [1.29, 1.82) is 0 Å². The van der Waals surface area contributed by atoms with Crippen molar-refractivity contribution in [3.63, 3.8) is 0 Å². The molecule has 0 atom stereocenters. The third kappa shape index (κ3) is 6.25. The average molecular weight is 820 g/mol. The van der Waals surface area contributed by atoms with Crippen LogP contribution in [0.3, 0.4) is 0 Å². The fraction of sp³-hybridized carbons (Fsp3) is 0.333. The standard InChI is InChI=1S/C27H19Cl13O/c1-2-16-13-14-19(21(41,17-9-5-3-6-10-17)18-11-7-4-8-12-18)20(15-16)22(28,29)23(30,31)24(32,33)25(34,35)26(36,37)27(38,39)40/h3-15,41H,2H2,1H3. The van der Waals surface area contributed by atoms with E-state index in [-0.39, 0.29) is 11.1 Å². The Bertz CT molecular complexity index is 1310. The quantitative estimate of drug-likeness (QED) is 0.168. The molecule has 0 saturated heterocycles. The van der Waals surface area contributed by atoms with Gasteiger partial charge in [-0.25, -0.2) is 0 Å². The first-order chi connectivity index (χ1) is 18.6. The molecule has 224 valence electrons. The molecule has 0 unspecified atom stereocenters. The smallest absolute Gasteiger partial charge is 0.226 e. The van der Waals surface area contributed by atoms with Crippen LogP contribution in [0, 0.1) is 0 Å². The maximum Gasteiger partial charge on any atom is 0.226 e. The Morgan fingerprint density at radius 2 is 0.927 bits per heavy atom. The Morgan fingerprint density at radius 1 is 0.512 bits per heavy atom. The molecule has 0 fully saturated rings.